The maximum Gasteiger partial charge on any atom is 0.337 e. The molecule has 0 aliphatic rings. The van der Waals surface area contributed by atoms with E-state index >= 15 is 0 Å². The maximum atomic E-state index is 11.2. The van der Waals surface area contributed by atoms with E-state index in [0.717, 1.165) is 16.5 Å². The van der Waals surface area contributed by atoms with Crippen molar-refractivity contribution in [2.24, 2.45) is 0 Å². The molecule has 4 nitrogen and oxygen atoms in total. The van der Waals surface area contributed by atoms with Crippen LogP contribution >= 0.6 is 0 Å². The average Bonchev–Trinajstić information content (AvgIpc) is 2.59. The van der Waals surface area contributed by atoms with Crippen molar-refractivity contribution in [1.82, 2.24) is 0 Å². The molecule has 0 atom stereocenters. The summed E-state index contributed by atoms with van der Waals surface area (Å²) in [6, 6.07) is 20.8. The first-order valence-electron chi connectivity index (χ1n) is 7.42. The second kappa shape index (κ2) is 6.83. The summed E-state index contributed by atoms with van der Waals surface area (Å²) in [5, 5.41) is 14.5. The molecule has 0 fully saturated rings. The van der Waals surface area contributed by atoms with E-state index in [1.54, 1.807) is 24.3 Å². The third-order valence-corrected chi connectivity index (χ3v) is 3.58. The van der Waals surface area contributed by atoms with Gasteiger partial charge < -0.3 is 15.2 Å². The summed E-state index contributed by atoms with van der Waals surface area (Å²) in [6.45, 7) is 0.968. The Labute approximate surface area is 134 Å². The largest absolute Gasteiger partial charge is 0.491 e. The molecule has 0 radical (unpaired) electrons. The number of hydrogen-bond acceptors (Lipinski definition) is 3. The molecule has 0 saturated heterocycles. The molecule has 0 aromatic heterocycles. The van der Waals surface area contributed by atoms with Crippen molar-refractivity contribution in [3.05, 3.63) is 72.3 Å². The minimum absolute atomic E-state index is 0.262. The number of rotatable bonds is 6. The summed E-state index contributed by atoms with van der Waals surface area (Å²) in [5.41, 5.74) is 0.860. The monoisotopic (exact) mass is 307 g/mol. The fraction of sp³-hybridized carbons (Fsp3) is 0.105. The van der Waals surface area contributed by atoms with Gasteiger partial charge in [0, 0.05) is 17.6 Å². The molecular formula is C19H17NO3. The van der Waals surface area contributed by atoms with Gasteiger partial charge in [-0.25, -0.2) is 4.79 Å². The van der Waals surface area contributed by atoms with E-state index in [-0.39, 0.29) is 5.56 Å². The lowest BCUT2D eigenvalue weighted by Crippen LogP contribution is -2.14. The first-order chi connectivity index (χ1) is 11.3. The van der Waals surface area contributed by atoms with Crippen LogP contribution in [0.2, 0.25) is 0 Å². The summed E-state index contributed by atoms with van der Waals surface area (Å²) in [7, 11) is 0. The van der Waals surface area contributed by atoms with Gasteiger partial charge in [-0.2, -0.15) is 0 Å². The number of ether oxygens (including phenoxy) is 1. The zero-order valence-electron chi connectivity index (χ0n) is 12.5. The first-order valence-corrected chi connectivity index (χ1v) is 7.42. The van der Waals surface area contributed by atoms with Crippen LogP contribution in [0.25, 0.3) is 10.8 Å². The number of hydrogen-bond donors (Lipinski definition) is 2. The topological polar surface area (TPSA) is 58.6 Å². The van der Waals surface area contributed by atoms with Crippen molar-refractivity contribution in [1.29, 1.82) is 0 Å². The van der Waals surface area contributed by atoms with Gasteiger partial charge in [0.2, 0.25) is 0 Å². The Morgan fingerprint density at radius 2 is 1.70 bits per heavy atom. The van der Waals surface area contributed by atoms with Gasteiger partial charge in [0.05, 0.1) is 5.56 Å². The Bertz CT molecular complexity index is 824. The number of carbonyl (C=O) groups is 1. The Balaban J connectivity index is 1.63. The molecule has 0 aliphatic carbocycles. The highest BCUT2D eigenvalue weighted by Crippen LogP contribution is 2.25. The minimum Gasteiger partial charge on any atom is -0.491 e. The molecule has 2 N–H and O–H groups in total. The number of carboxylic acids is 1. The smallest absolute Gasteiger partial charge is 0.337 e. The van der Waals surface area contributed by atoms with E-state index < -0.39 is 5.97 Å². The van der Waals surface area contributed by atoms with Gasteiger partial charge in [-0.3, -0.25) is 0 Å². The molecule has 3 aromatic rings. The lowest BCUT2D eigenvalue weighted by atomic mass is 10.1. The van der Waals surface area contributed by atoms with E-state index in [4.69, 9.17) is 9.84 Å². The molecule has 0 amide bonds. The fourth-order valence-corrected chi connectivity index (χ4v) is 2.49. The van der Waals surface area contributed by atoms with Crippen LogP contribution in [-0.4, -0.2) is 24.2 Å². The average molecular weight is 307 g/mol. The summed E-state index contributed by atoms with van der Waals surface area (Å²) in [4.78, 5) is 11.2. The molecule has 3 aromatic carbocycles. The number of nitrogens with one attached hydrogen (secondary N) is 1. The van der Waals surface area contributed by atoms with Gasteiger partial charge >= 0.3 is 5.97 Å². The highest BCUT2D eigenvalue weighted by Gasteiger charge is 2.08. The van der Waals surface area contributed by atoms with Crippen molar-refractivity contribution >= 4 is 22.4 Å². The highest BCUT2D eigenvalue weighted by molar-refractivity contribution is 5.94. The molecule has 23 heavy (non-hydrogen) atoms. The minimum atomic E-state index is -0.942. The SMILES string of the molecule is O=C(O)c1ccccc1NCCOc1cccc2ccccc12. The Hall–Kier alpha value is -3.01. The molecule has 0 heterocycles. The van der Waals surface area contributed by atoms with Crippen molar-refractivity contribution in [3.63, 3.8) is 0 Å². The third kappa shape index (κ3) is 3.43. The summed E-state index contributed by atoms with van der Waals surface area (Å²) in [6.07, 6.45) is 0. The maximum absolute atomic E-state index is 11.2. The van der Waals surface area contributed by atoms with Crippen molar-refractivity contribution in [2.75, 3.05) is 18.5 Å². The number of aromatic carboxylic acids is 1. The first kappa shape index (κ1) is 14.9. The standard InChI is InChI=1S/C19H17NO3/c21-19(22)16-9-3-4-10-17(16)20-12-13-23-18-11-5-7-14-6-1-2-8-15(14)18/h1-11,20H,12-13H2,(H,21,22). The van der Waals surface area contributed by atoms with Crippen molar-refractivity contribution < 1.29 is 14.6 Å². The van der Waals surface area contributed by atoms with Crippen LogP contribution in [0.1, 0.15) is 10.4 Å². The molecule has 0 spiro atoms. The molecular weight excluding hydrogens is 290 g/mol. The second-order valence-corrected chi connectivity index (χ2v) is 5.10. The van der Waals surface area contributed by atoms with Crippen LogP contribution in [0.5, 0.6) is 5.75 Å². The van der Waals surface area contributed by atoms with Crippen LogP contribution in [0.15, 0.2) is 66.7 Å². The number of anilines is 1. The third-order valence-electron chi connectivity index (χ3n) is 3.58. The second-order valence-electron chi connectivity index (χ2n) is 5.10. The normalized spacial score (nSPS) is 10.4. The summed E-state index contributed by atoms with van der Waals surface area (Å²) < 4.78 is 5.83. The van der Waals surface area contributed by atoms with Crippen LogP contribution < -0.4 is 10.1 Å². The highest BCUT2D eigenvalue weighted by atomic mass is 16.5. The lowest BCUT2D eigenvalue weighted by Gasteiger charge is -2.12. The van der Waals surface area contributed by atoms with Crippen LogP contribution in [0, 0.1) is 0 Å². The van der Waals surface area contributed by atoms with Gasteiger partial charge in [0.1, 0.15) is 12.4 Å². The van der Waals surface area contributed by atoms with Gasteiger partial charge in [0.25, 0.3) is 0 Å². The summed E-state index contributed by atoms with van der Waals surface area (Å²) >= 11 is 0. The molecule has 4 heteroatoms. The fourth-order valence-electron chi connectivity index (χ4n) is 2.49. The van der Waals surface area contributed by atoms with E-state index in [9.17, 15) is 4.79 Å². The predicted octanol–water partition coefficient (Wildman–Crippen LogP) is 4.03. The van der Waals surface area contributed by atoms with Crippen molar-refractivity contribution in [2.45, 2.75) is 0 Å². The number of benzene rings is 3. The molecule has 116 valence electrons. The van der Waals surface area contributed by atoms with Gasteiger partial charge in [-0.05, 0) is 23.6 Å². The van der Waals surface area contributed by atoms with Gasteiger partial charge in [0.15, 0.2) is 0 Å². The van der Waals surface area contributed by atoms with E-state index in [1.807, 2.05) is 42.5 Å². The van der Waals surface area contributed by atoms with Crippen LogP contribution in [0.3, 0.4) is 0 Å². The lowest BCUT2D eigenvalue weighted by molar-refractivity contribution is 0.0698. The van der Waals surface area contributed by atoms with E-state index in [1.165, 1.54) is 0 Å². The Morgan fingerprint density at radius 1 is 0.957 bits per heavy atom. The Morgan fingerprint density at radius 3 is 2.57 bits per heavy atom. The van der Waals surface area contributed by atoms with E-state index in [2.05, 4.69) is 5.32 Å². The predicted molar refractivity (Wildman–Crippen MR) is 91.3 cm³/mol. The number of fused-ring (bicyclic) bond motifs is 1. The van der Waals surface area contributed by atoms with E-state index in [0.29, 0.717) is 18.8 Å². The quantitative estimate of drug-likeness (QED) is 0.675. The molecule has 0 aliphatic heterocycles. The molecule has 0 unspecified atom stereocenters. The zero-order chi connectivity index (χ0) is 16.1. The Kier molecular flexibility index (Phi) is 4.43. The molecule has 0 saturated carbocycles. The van der Waals surface area contributed by atoms with Gasteiger partial charge in [-0.15, -0.1) is 0 Å². The zero-order valence-corrected chi connectivity index (χ0v) is 12.5. The van der Waals surface area contributed by atoms with Crippen molar-refractivity contribution in [3.8, 4) is 5.75 Å². The number of para-hydroxylation sites is 1. The van der Waals surface area contributed by atoms with Gasteiger partial charge in [-0.1, -0.05) is 48.5 Å². The molecule has 0 bridgehead atoms. The molecule has 3 rings (SSSR count). The van der Waals surface area contributed by atoms with Crippen LogP contribution in [0.4, 0.5) is 5.69 Å². The van der Waals surface area contributed by atoms with Crippen LogP contribution in [-0.2, 0) is 0 Å². The summed E-state index contributed by atoms with van der Waals surface area (Å²) in [5.74, 6) is -0.112. The number of carboxylic acid groups (broad SMARTS) is 1.